The lowest BCUT2D eigenvalue weighted by atomic mass is 9.98. The summed E-state index contributed by atoms with van der Waals surface area (Å²) in [6, 6.07) is 15.3. The summed E-state index contributed by atoms with van der Waals surface area (Å²) in [7, 11) is 3.03. The van der Waals surface area contributed by atoms with Crippen LogP contribution in [-0.2, 0) is 11.2 Å². The Bertz CT molecular complexity index is 1080. The van der Waals surface area contributed by atoms with E-state index in [4.69, 9.17) is 21.1 Å². The Labute approximate surface area is 190 Å². The average Bonchev–Trinajstić information content (AvgIpc) is 2.76. The second-order valence-electron chi connectivity index (χ2n) is 6.84. The van der Waals surface area contributed by atoms with Crippen LogP contribution in [0.4, 0.5) is 11.4 Å². The van der Waals surface area contributed by atoms with Crippen LogP contribution in [-0.4, -0.2) is 20.2 Å². The molecule has 0 bridgehead atoms. The molecule has 30 heavy (non-hydrogen) atoms. The number of hydrogen-bond acceptors (Lipinski definition) is 4. The molecule has 0 saturated carbocycles. The van der Waals surface area contributed by atoms with Crippen LogP contribution >= 0.6 is 27.5 Å². The zero-order chi connectivity index (χ0) is 21.8. The van der Waals surface area contributed by atoms with Crippen LogP contribution in [0, 0.1) is 6.92 Å². The standard InChI is InChI=1S/C24H23BrClNO3/c1-5-15-11-20(26)19(25)13-21(15)27-22-10-14(2)18(12-23(22)29-3)16-6-8-17(9-7-16)24(28)30-4/h6-13,27H,5H2,1-4H3. The smallest absolute Gasteiger partial charge is 0.337 e. The van der Waals surface area contributed by atoms with Crippen molar-refractivity contribution in [3.05, 3.63) is 74.7 Å². The molecule has 4 nitrogen and oxygen atoms in total. The van der Waals surface area contributed by atoms with Gasteiger partial charge in [-0.05, 0) is 87.9 Å². The highest BCUT2D eigenvalue weighted by Gasteiger charge is 2.14. The van der Waals surface area contributed by atoms with Gasteiger partial charge in [-0.25, -0.2) is 4.79 Å². The van der Waals surface area contributed by atoms with Crippen molar-refractivity contribution in [2.45, 2.75) is 20.3 Å². The fourth-order valence-corrected chi connectivity index (χ4v) is 3.84. The summed E-state index contributed by atoms with van der Waals surface area (Å²) >= 11 is 9.75. The molecule has 0 aliphatic carbocycles. The molecule has 0 saturated heterocycles. The third-order valence-electron chi connectivity index (χ3n) is 4.96. The average molecular weight is 489 g/mol. The number of ether oxygens (including phenoxy) is 2. The molecule has 0 atom stereocenters. The van der Waals surface area contributed by atoms with Gasteiger partial charge in [-0.15, -0.1) is 0 Å². The Balaban J connectivity index is 1.99. The largest absolute Gasteiger partial charge is 0.495 e. The minimum atomic E-state index is -0.351. The minimum absolute atomic E-state index is 0.351. The predicted molar refractivity (Wildman–Crippen MR) is 126 cm³/mol. The molecule has 0 aromatic heterocycles. The van der Waals surface area contributed by atoms with Gasteiger partial charge in [-0.3, -0.25) is 0 Å². The molecule has 0 amide bonds. The second-order valence-corrected chi connectivity index (χ2v) is 8.10. The molecule has 0 radical (unpaired) electrons. The first-order valence-corrected chi connectivity index (χ1v) is 10.7. The van der Waals surface area contributed by atoms with Gasteiger partial charge in [0.1, 0.15) is 5.75 Å². The highest BCUT2D eigenvalue weighted by atomic mass is 79.9. The molecule has 0 heterocycles. The molecule has 156 valence electrons. The predicted octanol–water partition coefficient (Wildman–Crippen LogP) is 7.18. The van der Waals surface area contributed by atoms with Crippen LogP contribution in [0.3, 0.4) is 0 Å². The van der Waals surface area contributed by atoms with E-state index >= 15 is 0 Å². The second kappa shape index (κ2) is 9.54. The van der Waals surface area contributed by atoms with Gasteiger partial charge in [0.05, 0.1) is 30.5 Å². The van der Waals surface area contributed by atoms with Gasteiger partial charge in [-0.1, -0.05) is 30.7 Å². The maximum absolute atomic E-state index is 11.7. The van der Waals surface area contributed by atoms with Crippen molar-refractivity contribution in [1.29, 1.82) is 0 Å². The van der Waals surface area contributed by atoms with Gasteiger partial charge in [0.15, 0.2) is 0 Å². The van der Waals surface area contributed by atoms with Crippen LogP contribution < -0.4 is 10.1 Å². The third-order valence-corrected chi connectivity index (χ3v) is 6.16. The Morgan fingerprint density at radius 2 is 1.77 bits per heavy atom. The van der Waals surface area contributed by atoms with Crippen molar-refractivity contribution in [3.63, 3.8) is 0 Å². The molecule has 0 spiro atoms. The van der Waals surface area contributed by atoms with Crippen LogP contribution in [0.2, 0.25) is 5.02 Å². The Kier molecular flexibility index (Phi) is 7.06. The highest BCUT2D eigenvalue weighted by Crippen LogP contribution is 2.38. The summed E-state index contributed by atoms with van der Waals surface area (Å²) in [4.78, 5) is 11.7. The lowest BCUT2D eigenvalue weighted by Gasteiger charge is -2.18. The van der Waals surface area contributed by atoms with E-state index in [-0.39, 0.29) is 5.97 Å². The van der Waals surface area contributed by atoms with Crippen molar-refractivity contribution in [1.82, 2.24) is 0 Å². The summed E-state index contributed by atoms with van der Waals surface area (Å²) in [5.41, 5.74) is 6.58. The zero-order valence-electron chi connectivity index (χ0n) is 17.3. The van der Waals surface area contributed by atoms with E-state index in [0.29, 0.717) is 10.6 Å². The van der Waals surface area contributed by atoms with E-state index < -0.39 is 0 Å². The van der Waals surface area contributed by atoms with Crippen LogP contribution in [0.1, 0.15) is 28.4 Å². The maximum atomic E-state index is 11.7. The molecule has 0 aliphatic heterocycles. The highest BCUT2D eigenvalue weighted by molar-refractivity contribution is 9.10. The van der Waals surface area contributed by atoms with E-state index in [9.17, 15) is 4.79 Å². The molecule has 3 aromatic carbocycles. The van der Waals surface area contributed by atoms with Gasteiger partial charge in [0.25, 0.3) is 0 Å². The summed E-state index contributed by atoms with van der Waals surface area (Å²) in [6.45, 7) is 4.14. The SMILES string of the molecule is CCc1cc(Cl)c(Br)cc1Nc1cc(C)c(-c2ccc(C(=O)OC)cc2)cc1OC. The van der Waals surface area contributed by atoms with E-state index in [1.807, 2.05) is 37.3 Å². The first kappa shape index (κ1) is 22.2. The molecular formula is C24H23BrClNO3. The Morgan fingerprint density at radius 3 is 2.37 bits per heavy atom. The molecule has 3 aromatic rings. The van der Waals surface area contributed by atoms with Gasteiger partial charge in [0.2, 0.25) is 0 Å². The molecular weight excluding hydrogens is 466 g/mol. The number of aryl methyl sites for hydroxylation is 2. The van der Waals surface area contributed by atoms with Crippen molar-refractivity contribution in [3.8, 4) is 16.9 Å². The fourth-order valence-electron chi connectivity index (χ4n) is 3.31. The number of esters is 1. The first-order valence-electron chi connectivity index (χ1n) is 9.50. The van der Waals surface area contributed by atoms with E-state index in [0.717, 1.165) is 50.3 Å². The van der Waals surface area contributed by atoms with Gasteiger partial charge < -0.3 is 14.8 Å². The topological polar surface area (TPSA) is 47.6 Å². The number of methoxy groups -OCH3 is 2. The number of rotatable bonds is 6. The van der Waals surface area contributed by atoms with Gasteiger partial charge >= 0.3 is 5.97 Å². The van der Waals surface area contributed by atoms with E-state index in [2.05, 4.69) is 34.2 Å². The molecule has 0 fully saturated rings. The Morgan fingerprint density at radius 1 is 1.07 bits per heavy atom. The normalized spacial score (nSPS) is 10.6. The molecule has 0 unspecified atom stereocenters. The van der Waals surface area contributed by atoms with Crippen molar-refractivity contribution in [2.24, 2.45) is 0 Å². The first-order chi connectivity index (χ1) is 14.4. The van der Waals surface area contributed by atoms with Gasteiger partial charge in [-0.2, -0.15) is 0 Å². The summed E-state index contributed by atoms with van der Waals surface area (Å²) in [6.07, 6.45) is 0.848. The molecule has 1 N–H and O–H groups in total. The zero-order valence-corrected chi connectivity index (χ0v) is 19.6. The molecule has 0 aliphatic rings. The Hall–Kier alpha value is -2.50. The summed E-state index contributed by atoms with van der Waals surface area (Å²) in [5, 5.41) is 4.17. The quantitative estimate of drug-likeness (QED) is 0.373. The number of benzene rings is 3. The van der Waals surface area contributed by atoms with Crippen LogP contribution in [0.15, 0.2) is 53.0 Å². The number of halogens is 2. The van der Waals surface area contributed by atoms with Crippen LogP contribution in [0.5, 0.6) is 5.75 Å². The molecule has 3 rings (SSSR count). The number of nitrogens with one attached hydrogen (secondary N) is 1. The minimum Gasteiger partial charge on any atom is -0.495 e. The van der Waals surface area contributed by atoms with Crippen molar-refractivity contribution >= 4 is 44.9 Å². The number of carbonyl (C=O) groups excluding carboxylic acids is 1. The maximum Gasteiger partial charge on any atom is 0.337 e. The van der Waals surface area contributed by atoms with E-state index in [1.165, 1.54) is 7.11 Å². The number of anilines is 2. The molecule has 6 heteroatoms. The van der Waals surface area contributed by atoms with Crippen molar-refractivity contribution in [2.75, 3.05) is 19.5 Å². The summed E-state index contributed by atoms with van der Waals surface area (Å²) < 4.78 is 11.3. The van der Waals surface area contributed by atoms with Crippen LogP contribution in [0.25, 0.3) is 11.1 Å². The summed E-state index contributed by atoms with van der Waals surface area (Å²) in [5.74, 6) is 0.372. The number of hydrogen-bond donors (Lipinski definition) is 1. The number of carbonyl (C=O) groups is 1. The third kappa shape index (κ3) is 4.63. The lowest BCUT2D eigenvalue weighted by Crippen LogP contribution is -2.01. The van der Waals surface area contributed by atoms with Gasteiger partial charge in [0, 0.05) is 10.2 Å². The monoisotopic (exact) mass is 487 g/mol. The van der Waals surface area contributed by atoms with Crippen molar-refractivity contribution < 1.29 is 14.3 Å². The fraction of sp³-hybridized carbons (Fsp3) is 0.208. The lowest BCUT2D eigenvalue weighted by molar-refractivity contribution is 0.0601. The van der Waals surface area contributed by atoms with E-state index in [1.54, 1.807) is 19.2 Å².